The molecule has 3 aromatic rings. The number of fused-ring (bicyclic) bond motifs is 1. The van der Waals surface area contributed by atoms with E-state index in [0.717, 1.165) is 29.9 Å². The lowest BCUT2D eigenvalue weighted by Gasteiger charge is -2.31. The number of likely N-dealkylation sites (tertiary alicyclic amines) is 1. The van der Waals surface area contributed by atoms with Crippen molar-refractivity contribution in [3.05, 3.63) is 50.6 Å². The van der Waals surface area contributed by atoms with Gasteiger partial charge in [0.25, 0.3) is 0 Å². The number of rotatable bonds is 5. The van der Waals surface area contributed by atoms with Crippen LogP contribution in [0.5, 0.6) is 0 Å². The van der Waals surface area contributed by atoms with Gasteiger partial charge in [-0.25, -0.2) is 4.98 Å². The van der Waals surface area contributed by atoms with Gasteiger partial charge in [-0.15, -0.1) is 22.7 Å². The number of halogens is 1. The third kappa shape index (κ3) is 4.23. The molecule has 0 radical (unpaired) electrons. The van der Waals surface area contributed by atoms with Crippen molar-refractivity contribution < 1.29 is 9.59 Å². The van der Waals surface area contributed by atoms with E-state index in [4.69, 9.17) is 16.6 Å². The Kier molecular flexibility index (Phi) is 5.57. The van der Waals surface area contributed by atoms with Gasteiger partial charge in [0.05, 0.1) is 24.4 Å². The summed E-state index contributed by atoms with van der Waals surface area (Å²) in [6, 6.07) is 11.6. The molecule has 0 spiro atoms. The van der Waals surface area contributed by atoms with E-state index in [9.17, 15) is 9.59 Å². The minimum absolute atomic E-state index is 0.0139. The molecule has 0 aliphatic carbocycles. The standard InChI is InChI=1S/C20H19ClN2O2S2/c21-18-9-8-17(26-18)15(24)7-10-19(25)23-11-3-4-13(12-23)20-22-14-5-1-2-6-16(14)27-20/h1-2,5-6,8-9,13H,3-4,7,10-12H2. The van der Waals surface area contributed by atoms with E-state index in [1.54, 1.807) is 23.5 Å². The Bertz CT molecular complexity index is 948. The van der Waals surface area contributed by atoms with E-state index in [0.29, 0.717) is 15.8 Å². The van der Waals surface area contributed by atoms with Gasteiger partial charge in [-0.3, -0.25) is 9.59 Å². The molecule has 1 fully saturated rings. The van der Waals surface area contributed by atoms with Crippen LogP contribution in [0.25, 0.3) is 10.2 Å². The zero-order valence-electron chi connectivity index (χ0n) is 14.7. The maximum absolute atomic E-state index is 12.6. The van der Waals surface area contributed by atoms with Crippen molar-refractivity contribution in [2.75, 3.05) is 13.1 Å². The number of thiophene rings is 1. The lowest BCUT2D eigenvalue weighted by atomic mass is 9.98. The first-order valence-electron chi connectivity index (χ1n) is 9.02. The lowest BCUT2D eigenvalue weighted by Crippen LogP contribution is -2.39. The van der Waals surface area contributed by atoms with Crippen molar-refractivity contribution in [1.29, 1.82) is 0 Å². The number of nitrogens with zero attached hydrogens (tertiary/aromatic N) is 2. The highest BCUT2D eigenvalue weighted by Gasteiger charge is 2.27. The Morgan fingerprint density at radius 2 is 2.00 bits per heavy atom. The first kappa shape index (κ1) is 18.6. The van der Waals surface area contributed by atoms with Gasteiger partial charge in [-0.1, -0.05) is 23.7 Å². The van der Waals surface area contributed by atoms with Gasteiger partial charge in [0.1, 0.15) is 0 Å². The first-order chi connectivity index (χ1) is 13.1. The van der Waals surface area contributed by atoms with Crippen molar-refractivity contribution in [2.24, 2.45) is 0 Å². The molecule has 7 heteroatoms. The second kappa shape index (κ2) is 8.09. The van der Waals surface area contributed by atoms with Gasteiger partial charge in [0, 0.05) is 31.8 Å². The number of hydrogen-bond donors (Lipinski definition) is 0. The molecule has 1 aliphatic heterocycles. The van der Waals surface area contributed by atoms with E-state index in [1.807, 2.05) is 23.1 Å². The van der Waals surface area contributed by atoms with E-state index in [-0.39, 0.29) is 30.4 Å². The van der Waals surface area contributed by atoms with Crippen LogP contribution in [0.4, 0.5) is 0 Å². The molecule has 4 rings (SSSR count). The number of aromatic nitrogens is 1. The van der Waals surface area contributed by atoms with Crippen LogP contribution in [-0.2, 0) is 4.79 Å². The smallest absolute Gasteiger partial charge is 0.223 e. The minimum Gasteiger partial charge on any atom is -0.342 e. The third-order valence-corrected chi connectivity index (χ3v) is 7.32. The maximum Gasteiger partial charge on any atom is 0.223 e. The largest absolute Gasteiger partial charge is 0.342 e. The minimum atomic E-state index is -0.0139. The van der Waals surface area contributed by atoms with Crippen molar-refractivity contribution in [3.63, 3.8) is 0 Å². The molecule has 0 N–H and O–H groups in total. The molecule has 0 saturated carbocycles. The quantitative estimate of drug-likeness (QED) is 0.522. The molecule has 4 nitrogen and oxygen atoms in total. The second-order valence-electron chi connectivity index (χ2n) is 6.73. The highest BCUT2D eigenvalue weighted by Crippen LogP contribution is 2.33. The Morgan fingerprint density at radius 1 is 1.15 bits per heavy atom. The predicted molar refractivity (Wildman–Crippen MR) is 111 cm³/mol. The van der Waals surface area contributed by atoms with E-state index in [1.165, 1.54) is 16.0 Å². The number of hydrogen-bond acceptors (Lipinski definition) is 5. The summed E-state index contributed by atoms with van der Waals surface area (Å²) in [5, 5.41) is 1.11. The van der Waals surface area contributed by atoms with Crippen LogP contribution >= 0.6 is 34.3 Å². The SMILES string of the molecule is O=C(CCC(=O)N1CCCC(c2nc3ccccc3s2)C1)c1ccc(Cl)s1. The van der Waals surface area contributed by atoms with E-state index >= 15 is 0 Å². The molecule has 0 bridgehead atoms. The summed E-state index contributed by atoms with van der Waals surface area (Å²) in [6.07, 6.45) is 2.51. The summed E-state index contributed by atoms with van der Waals surface area (Å²) in [5.74, 6) is 0.323. The van der Waals surface area contributed by atoms with Gasteiger partial charge in [0.15, 0.2) is 5.78 Å². The first-order valence-corrected chi connectivity index (χ1v) is 11.0. The monoisotopic (exact) mass is 418 g/mol. The van der Waals surface area contributed by atoms with Crippen molar-refractivity contribution in [2.45, 2.75) is 31.6 Å². The zero-order chi connectivity index (χ0) is 18.8. The van der Waals surface area contributed by atoms with E-state index in [2.05, 4.69) is 6.07 Å². The number of para-hydroxylation sites is 1. The van der Waals surface area contributed by atoms with Gasteiger partial charge in [-0.2, -0.15) is 0 Å². The molecule has 1 unspecified atom stereocenters. The molecule has 1 saturated heterocycles. The van der Waals surface area contributed by atoms with Crippen LogP contribution in [-0.4, -0.2) is 34.7 Å². The average Bonchev–Trinajstić information content (AvgIpc) is 3.32. The summed E-state index contributed by atoms with van der Waals surface area (Å²) >= 11 is 8.87. The number of amides is 1. The topological polar surface area (TPSA) is 50.3 Å². The molecular weight excluding hydrogens is 400 g/mol. The molecular formula is C20H19ClN2O2S2. The van der Waals surface area contributed by atoms with Crippen LogP contribution in [0.15, 0.2) is 36.4 Å². The van der Waals surface area contributed by atoms with Crippen LogP contribution in [0.2, 0.25) is 4.34 Å². The summed E-state index contributed by atoms with van der Waals surface area (Å²) in [4.78, 5) is 32.1. The molecule has 1 aromatic carbocycles. The van der Waals surface area contributed by atoms with Gasteiger partial charge < -0.3 is 4.90 Å². The molecule has 3 heterocycles. The number of thiazole rings is 1. The summed E-state index contributed by atoms with van der Waals surface area (Å²) in [5.41, 5.74) is 1.03. The number of ketones is 1. The molecule has 140 valence electrons. The lowest BCUT2D eigenvalue weighted by molar-refractivity contribution is -0.132. The van der Waals surface area contributed by atoms with E-state index < -0.39 is 0 Å². The van der Waals surface area contributed by atoms with Crippen molar-refractivity contribution in [3.8, 4) is 0 Å². The summed E-state index contributed by atoms with van der Waals surface area (Å²) in [6.45, 7) is 1.46. The van der Waals surface area contributed by atoms with Crippen molar-refractivity contribution >= 4 is 56.2 Å². The highest BCUT2D eigenvalue weighted by atomic mass is 35.5. The Labute approximate surface area is 170 Å². The second-order valence-corrected chi connectivity index (χ2v) is 9.50. The van der Waals surface area contributed by atoms with Gasteiger partial charge in [0.2, 0.25) is 5.91 Å². The Hall–Kier alpha value is -1.76. The fourth-order valence-corrected chi connectivity index (χ4v) is 5.54. The fourth-order valence-electron chi connectivity index (χ4n) is 3.44. The fraction of sp³-hybridized carbons (Fsp3) is 0.350. The highest BCUT2D eigenvalue weighted by molar-refractivity contribution is 7.18. The summed E-state index contributed by atoms with van der Waals surface area (Å²) in [7, 11) is 0. The number of carbonyl (C=O) groups excluding carboxylic acids is 2. The molecule has 1 amide bonds. The zero-order valence-corrected chi connectivity index (χ0v) is 17.1. The normalized spacial score (nSPS) is 17.4. The number of benzene rings is 1. The molecule has 2 aromatic heterocycles. The Balaban J connectivity index is 1.37. The molecule has 27 heavy (non-hydrogen) atoms. The average molecular weight is 419 g/mol. The summed E-state index contributed by atoms with van der Waals surface area (Å²) < 4.78 is 1.79. The van der Waals surface area contributed by atoms with Crippen LogP contribution < -0.4 is 0 Å². The van der Waals surface area contributed by atoms with Crippen LogP contribution in [0.1, 0.15) is 46.3 Å². The van der Waals surface area contributed by atoms with Gasteiger partial charge in [-0.05, 0) is 37.1 Å². The number of carbonyl (C=O) groups is 2. The van der Waals surface area contributed by atoms with Crippen LogP contribution in [0.3, 0.4) is 0 Å². The third-order valence-electron chi connectivity index (χ3n) is 4.85. The predicted octanol–water partition coefficient (Wildman–Crippen LogP) is 5.38. The Morgan fingerprint density at radius 3 is 2.78 bits per heavy atom. The maximum atomic E-state index is 12.6. The number of piperidine rings is 1. The van der Waals surface area contributed by atoms with Crippen molar-refractivity contribution in [1.82, 2.24) is 9.88 Å². The molecule has 1 aliphatic rings. The number of Topliss-reactive ketones (excluding diaryl/α,β-unsaturated/α-hetero) is 1. The van der Waals surface area contributed by atoms with Crippen LogP contribution in [0, 0.1) is 0 Å². The molecule has 1 atom stereocenters. The van der Waals surface area contributed by atoms with Gasteiger partial charge >= 0.3 is 0 Å².